The predicted molar refractivity (Wildman–Crippen MR) is 57.3 cm³/mol. The Morgan fingerprint density at radius 2 is 2.62 bits per heavy atom. The third kappa shape index (κ3) is 2.24. The standard InChI is InChI=1S/C9H13NOS2/c1-7-4-9(11,6-12-7)5-8-2-3-10-13-8/h2-3,7,11H,4-6H2,1H3. The third-order valence-corrected chi connectivity index (χ3v) is 4.48. The molecule has 1 fully saturated rings. The van der Waals surface area contributed by atoms with Crippen molar-refractivity contribution in [1.82, 2.24) is 4.37 Å². The summed E-state index contributed by atoms with van der Waals surface area (Å²) in [6.45, 7) is 2.18. The highest BCUT2D eigenvalue weighted by atomic mass is 32.2. The van der Waals surface area contributed by atoms with Crippen molar-refractivity contribution in [3.8, 4) is 0 Å². The molecule has 72 valence electrons. The fourth-order valence-corrected chi connectivity index (χ4v) is 3.69. The van der Waals surface area contributed by atoms with E-state index in [1.165, 1.54) is 16.4 Å². The average Bonchev–Trinajstić information content (AvgIpc) is 2.62. The Labute approximate surface area is 86.5 Å². The van der Waals surface area contributed by atoms with Crippen LogP contribution in [0, 0.1) is 0 Å². The maximum Gasteiger partial charge on any atom is 0.0796 e. The van der Waals surface area contributed by atoms with E-state index in [0.717, 1.165) is 18.6 Å². The first-order valence-corrected chi connectivity index (χ1v) is 6.24. The van der Waals surface area contributed by atoms with Gasteiger partial charge in [0.1, 0.15) is 0 Å². The number of rotatable bonds is 2. The van der Waals surface area contributed by atoms with Crippen molar-refractivity contribution in [2.45, 2.75) is 30.6 Å². The summed E-state index contributed by atoms with van der Waals surface area (Å²) in [5, 5.41) is 10.8. The van der Waals surface area contributed by atoms with Crippen LogP contribution >= 0.6 is 23.3 Å². The van der Waals surface area contributed by atoms with E-state index < -0.39 is 5.60 Å². The van der Waals surface area contributed by atoms with E-state index in [4.69, 9.17) is 0 Å². The molecule has 1 aromatic rings. The van der Waals surface area contributed by atoms with Gasteiger partial charge in [-0.15, -0.1) is 0 Å². The molecule has 2 nitrogen and oxygen atoms in total. The topological polar surface area (TPSA) is 33.1 Å². The van der Waals surface area contributed by atoms with E-state index in [1.54, 1.807) is 6.20 Å². The van der Waals surface area contributed by atoms with Crippen LogP contribution < -0.4 is 0 Å². The Bertz CT molecular complexity index is 275. The number of nitrogens with zero attached hydrogens (tertiary/aromatic N) is 1. The molecule has 2 atom stereocenters. The lowest BCUT2D eigenvalue weighted by molar-refractivity contribution is 0.0651. The van der Waals surface area contributed by atoms with Gasteiger partial charge in [0.25, 0.3) is 0 Å². The molecule has 1 N–H and O–H groups in total. The Morgan fingerprint density at radius 3 is 3.15 bits per heavy atom. The molecule has 2 rings (SSSR count). The molecule has 2 heterocycles. The van der Waals surface area contributed by atoms with Gasteiger partial charge in [0.15, 0.2) is 0 Å². The summed E-state index contributed by atoms with van der Waals surface area (Å²) < 4.78 is 4.04. The van der Waals surface area contributed by atoms with Crippen LogP contribution in [0.25, 0.3) is 0 Å². The van der Waals surface area contributed by atoms with Gasteiger partial charge in [0.05, 0.1) is 5.60 Å². The molecule has 0 bridgehead atoms. The van der Waals surface area contributed by atoms with Crippen molar-refractivity contribution in [3.05, 3.63) is 17.1 Å². The van der Waals surface area contributed by atoms with Crippen LogP contribution in [-0.2, 0) is 6.42 Å². The molecule has 1 aromatic heterocycles. The minimum Gasteiger partial charge on any atom is -0.389 e. The number of hydrogen-bond acceptors (Lipinski definition) is 4. The van der Waals surface area contributed by atoms with Crippen LogP contribution in [0.4, 0.5) is 0 Å². The second kappa shape index (κ2) is 3.59. The van der Waals surface area contributed by atoms with Crippen LogP contribution in [0.15, 0.2) is 12.3 Å². The first-order valence-electron chi connectivity index (χ1n) is 4.41. The SMILES string of the molecule is CC1CC(O)(Cc2ccns2)CS1. The molecule has 0 radical (unpaired) electrons. The van der Waals surface area contributed by atoms with Gasteiger partial charge in [0, 0.05) is 28.5 Å². The first-order chi connectivity index (χ1) is 6.18. The van der Waals surface area contributed by atoms with Gasteiger partial charge < -0.3 is 5.11 Å². The molecule has 0 spiro atoms. The third-order valence-electron chi connectivity index (χ3n) is 2.30. The van der Waals surface area contributed by atoms with Gasteiger partial charge >= 0.3 is 0 Å². The molecule has 1 aliphatic rings. The zero-order chi connectivity index (χ0) is 9.31. The largest absolute Gasteiger partial charge is 0.389 e. The van der Waals surface area contributed by atoms with Crippen molar-refractivity contribution in [1.29, 1.82) is 0 Å². The molecule has 0 saturated carbocycles. The van der Waals surface area contributed by atoms with Crippen molar-refractivity contribution in [3.63, 3.8) is 0 Å². The lowest BCUT2D eigenvalue weighted by Crippen LogP contribution is -2.31. The van der Waals surface area contributed by atoms with Gasteiger partial charge in [0.2, 0.25) is 0 Å². The molecular formula is C9H13NOS2. The summed E-state index contributed by atoms with van der Waals surface area (Å²) in [7, 11) is 0. The Kier molecular flexibility index (Phi) is 2.62. The Balaban J connectivity index is 2.01. The Morgan fingerprint density at radius 1 is 1.77 bits per heavy atom. The van der Waals surface area contributed by atoms with Crippen molar-refractivity contribution >= 4 is 23.3 Å². The van der Waals surface area contributed by atoms with E-state index >= 15 is 0 Å². The van der Waals surface area contributed by atoms with Crippen LogP contribution in [0.3, 0.4) is 0 Å². The van der Waals surface area contributed by atoms with Crippen LogP contribution in [0.2, 0.25) is 0 Å². The maximum absolute atomic E-state index is 10.2. The quantitative estimate of drug-likeness (QED) is 0.818. The molecular weight excluding hydrogens is 202 g/mol. The van der Waals surface area contributed by atoms with E-state index in [0.29, 0.717) is 5.25 Å². The monoisotopic (exact) mass is 215 g/mol. The summed E-state index contributed by atoms with van der Waals surface area (Å²) in [5.41, 5.74) is -0.476. The lowest BCUT2D eigenvalue weighted by atomic mass is 9.96. The van der Waals surface area contributed by atoms with E-state index in [1.807, 2.05) is 17.8 Å². The van der Waals surface area contributed by atoms with Crippen LogP contribution in [0.5, 0.6) is 0 Å². The van der Waals surface area contributed by atoms with Gasteiger partial charge in [-0.2, -0.15) is 11.8 Å². The second-order valence-electron chi connectivity index (χ2n) is 3.71. The number of aliphatic hydroxyl groups is 1. The van der Waals surface area contributed by atoms with Gasteiger partial charge in [-0.25, -0.2) is 4.37 Å². The lowest BCUT2D eigenvalue weighted by Gasteiger charge is -2.20. The van der Waals surface area contributed by atoms with Crippen LogP contribution in [0.1, 0.15) is 18.2 Å². The molecule has 1 aliphatic heterocycles. The number of thioether (sulfide) groups is 1. The zero-order valence-electron chi connectivity index (χ0n) is 7.56. The van der Waals surface area contributed by atoms with Gasteiger partial charge in [-0.3, -0.25) is 0 Å². The smallest absolute Gasteiger partial charge is 0.0796 e. The summed E-state index contributed by atoms with van der Waals surface area (Å²) in [6.07, 6.45) is 3.49. The minimum absolute atomic E-state index is 0.476. The highest BCUT2D eigenvalue weighted by Gasteiger charge is 2.36. The molecule has 2 unspecified atom stereocenters. The molecule has 0 aliphatic carbocycles. The maximum atomic E-state index is 10.2. The molecule has 0 amide bonds. The fraction of sp³-hybridized carbons (Fsp3) is 0.667. The van der Waals surface area contributed by atoms with Crippen LogP contribution in [-0.4, -0.2) is 26.1 Å². The van der Waals surface area contributed by atoms with E-state index in [2.05, 4.69) is 11.3 Å². The average molecular weight is 215 g/mol. The molecule has 4 heteroatoms. The first kappa shape index (κ1) is 9.49. The normalized spacial score (nSPS) is 33.8. The van der Waals surface area contributed by atoms with Crippen molar-refractivity contribution in [2.75, 3.05) is 5.75 Å². The van der Waals surface area contributed by atoms with E-state index in [-0.39, 0.29) is 0 Å². The van der Waals surface area contributed by atoms with Crippen molar-refractivity contribution < 1.29 is 5.11 Å². The number of hydrogen-bond donors (Lipinski definition) is 1. The molecule has 0 aromatic carbocycles. The highest BCUT2D eigenvalue weighted by molar-refractivity contribution is 8.00. The summed E-state index contributed by atoms with van der Waals surface area (Å²) >= 11 is 3.35. The zero-order valence-corrected chi connectivity index (χ0v) is 9.20. The minimum atomic E-state index is -0.476. The second-order valence-corrected chi connectivity index (χ2v) is 6.05. The number of aromatic nitrogens is 1. The molecule has 13 heavy (non-hydrogen) atoms. The Hall–Kier alpha value is -0.0600. The van der Waals surface area contributed by atoms with E-state index in [9.17, 15) is 5.11 Å². The predicted octanol–water partition coefficient (Wildman–Crippen LogP) is 1.94. The summed E-state index contributed by atoms with van der Waals surface area (Å²) in [4.78, 5) is 1.19. The molecule has 1 saturated heterocycles. The highest BCUT2D eigenvalue weighted by Crippen LogP contribution is 2.36. The van der Waals surface area contributed by atoms with Gasteiger partial charge in [-0.05, 0) is 24.0 Å². The van der Waals surface area contributed by atoms with Crippen molar-refractivity contribution in [2.24, 2.45) is 0 Å². The summed E-state index contributed by atoms with van der Waals surface area (Å²) in [6, 6.07) is 2.00. The summed E-state index contributed by atoms with van der Waals surface area (Å²) in [5.74, 6) is 0.867. The fourth-order valence-electron chi connectivity index (χ4n) is 1.73. The van der Waals surface area contributed by atoms with Gasteiger partial charge in [-0.1, -0.05) is 6.92 Å².